The lowest BCUT2D eigenvalue weighted by atomic mass is 9.96. The monoisotopic (exact) mass is 343 g/mol. The Labute approximate surface area is 148 Å². The van der Waals surface area contributed by atoms with E-state index in [1.165, 1.54) is 5.56 Å². The summed E-state index contributed by atoms with van der Waals surface area (Å²) in [4.78, 5) is 13.4. The Hall–Kier alpha value is -1.94. The molecule has 0 radical (unpaired) electrons. The molecule has 0 aliphatic heterocycles. The molecular formula is C20H25NO2S. The van der Waals surface area contributed by atoms with Crippen LogP contribution in [0.4, 0.5) is 0 Å². The molecule has 2 unspecified atom stereocenters. The minimum atomic E-state index is -0.133. The molecule has 24 heavy (non-hydrogen) atoms. The summed E-state index contributed by atoms with van der Waals surface area (Å²) < 4.78 is 5.15. The number of ether oxygens (including phenoxy) is 1. The van der Waals surface area contributed by atoms with Crippen LogP contribution in [0.1, 0.15) is 31.7 Å². The van der Waals surface area contributed by atoms with Crippen LogP contribution in [0.3, 0.4) is 0 Å². The Morgan fingerprint density at radius 3 is 2.38 bits per heavy atom. The van der Waals surface area contributed by atoms with E-state index in [4.69, 9.17) is 4.74 Å². The number of rotatable bonds is 8. The van der Waals surface area contributed by atoms with Gasteiger partial charge in [0.05, 0.1) is 12.4 Å². The Bertz CT molecular complexity index is 628. The van der Waals surface area contributed by atoms with Crippen molar-refractivity contribution in [2.24, 2.45) is 0 Å². The first-order valence-electron chi connectivity index (χ1n) is 8.27. The quantitative estimate of drug-likeness (QED) is 0.718. The Kier molecular flexibility index (Phi) is 7.19. The van der Waals surface area contributed by atoms with Crippen molar-refractivity contribution in [3.8, 4) is 5.75 Å². The van der Waals surface area contributed by atoms with Crippen LogP contribution in [-0.2, 0) is 4.79 Å². The van der Waals surface area contributed by atoms with E-state index in [1.54, 1.807) is 18.9 Å². The molecular weight excluding hydrogens is 318 g/mol. The van der Waals surface area contributed by atoms with E-state index in [1.807, 2.05) is 49.4 Å². The average Bonchev–Trinajstić information content (AvgIpc) is 2.63. The van der Waals surface area contributed by atoms with Gasteiger partial charge in [0, 0.05) is 17.4 Å². The molecule has 2 rings (SSSR count). The van der Waals surface area contributed by atoms with Crippen LogP contribution < -0.4 is 10.1 Å². The van der Waals surface area contributed by atoms with Crippen molar-refractivity contribution in [1.29, 1.82) is 0 Å². The molecule has 0 saturated carbocycles. The number of benzene rings is 2. The highest BCUT2D eigenvalue weighted by Crippen LogP contribution is 2.25. The first-order chi connectivity index (χ1) is 11.6. The fourth-order valence-electron chi connectivity index (χ4n) is 2.50. The summed E-state index contributed by atoms with van der Waals surface area (Å²) in [6.45, 7) is 4.76. The third-order valence-corrected chi connectivity index (χ3v) is 5.14. The lowest BCUT2D eigenvalue weighted by molar-refractivity contribution is -0.120. The highest BCUT2D eigenvalue weighted by atomic mass is 32.2. The second-order valence-electron chi connectivity index (χ2n) is 5.70. The predicted octanol–water partition coefficient (Wildman–Crippen LogP) is 4.49. The lowest BCUT2D eigenvalue weighted by Gasteiger charge is -2.18. The fourth-order valence-corrected chi connectivity index (χ4v) is 3.39. The fraction of sp³-hybridized carbons (Fsp3) is 0.350. The summed E-state index contributed by atoms with van der Waals surface area (Å²) in [6, 6.07) is 18.1. The van der Waals surface area contributed by atoms with E-state index in [-0.39, 0.29) is 11.2 Å². The molecule has 3 nitrogen and oxygen atoms in total. The van der Waals surface area contributed by atoms with E-state index in [9.17, 15) is 4.79 Å². The number of carbonyl (C=O) groups excluding carboxylic acids is 1. The van der Waals surface area contributed by atoms with Crippen molar-refractivity contribution >= 4 is 17.7 Å². The molecule has 0 fully saturated rings. The molecule has 0 aliphatic carbocycles. The number of hydrogen-bond donors (Lipinski definition) is 1. The number of nitrogens with one attached hydrogen (secondary N) is 1. The van der Waals surface area contributed by atoms with Gasteiger partial charge in [-0.05, 0) is 43.2 Å². The standard InChI is InChI=1S/C20H25NO2S/c1-4-16(17-8-6-5-7-9-17)14-21-20(22)15(2)24-19-12-10-18(23-3)11-13-19/h5-13,15-16H,4,14H2,1-3H3,(H,21,22). The zero-order chi connectivity index (χ0) is 17.4. The van der Waals surface area contributed by atoms with Gasteiger partial charge in [0.15, 0.2) is 0 Å². The van der Waals surface area contributed by atoms with Gasteiger partial charge in [-0.2, -0.15) is 0 Å². The second kappa shape index (κ2) is 9.38. The van der Waals surface area contributed by atoms with Crippen molar-refractivity contribution < 1.29 is 9.53 Å². The van der Waals surface area contributed by atoms with Gasteiger partial charge in [-0.3, -0.25) is 4.79 Å². The van der Waals surface area contributed by atoms with Crippen molar-refractivity contribution in [3.05, 3.63) is 60.2 Å². The SMILES string of the molecule is CCC(CNC(=O)C(C)Sc1ccc(OC)cc1)c1ccccc1. The number of methoxy groups -OCH3 is 1. The van der Waals surface area contributed by atoms with E-state index >= 15 is 0 Å². The largest absolute Gasteiger partial charge is 0.497 e. The Balaban J connectivity index is 1.86. The van der Waals surface area contributed by atoms with Crippen molar-refractivity contribution in [3.63, 3.8) is 0 Å². The summed E-state index contributed by atoms with van der Waals surface area (Å²) in [5.74, 6) is 1.25. The topological polar surface area (TPSA) is 38.3 Å². The minimum absolute atomic E-state index is 0.0743. The first-order valence-corrected chi connectivity index (χ1v) is 9.15. The molecule has 0 bridgehead atoms. The van der Waals surface area contributed by atoms with Gasteiger partial charge < -0.3 is 10.1 Å². The lowest BCUT2D eigenvalue weighted by Crippen LogP contribution is -2.34. The summed E-state index contributed by atoms with van der Waals surface area (Å²) in [6.07, 6.45) is 1.00. The Morgan fingerprint density at radius 2 is 1.79 bits per heavy atom. The smallest absolute Gasteiger partial charge is 0.233 e. The van der Waals surface area contributed by atoms with Crippen LogP contribution >= 0.6 is 11.8 Å². The molecule has 128 valence electrons. The minimum Gasteiger partial charge on any atom is -0.497 e. The molecule has 1 N–H and O–H groups in total. The first kappa shape index (κ1) is 18.4. The van der Waals surface area contributed by atoms with Crippen molar-refractivity contribution in [2.75, 3.05) is 13.7 Å². The van der Waals surface area contributed by atoms with Crippen molar-refractivity contribution in [2.45, 2.75) is 36.3 Å². The van der Waals surface area contributed by atoms with Gasteiger partial charge >= 0.3 is 0 Å². The highest BCUT2D eigenvalue weighted by molar-refractivity contribution is 8.00. The normalized spacial score (nSPS) is 13.1. The van der Waals surface area contributed by atoms with Gasteiger partial charge in [0.2, 0.25) is 5.91 Å². The van der Waals surface area contributed by atoms with E-state index in [0.717, 1.165) is 17.1 Å². The summed E-state index contributed by atoms with van der Waals surface area (Å²) >= 11 is 1.56. The van der Waals surface area contributed by atoms with Gasteiger partial charge in [-0.15, -0.1) is 11.8 Å². The summed E-state index contributed by atoms with van der Waals surface area (Å²) in [5.41, 5.74) is 1.27. The molecule has 0 aliphatic rings. The maximum atomic E-state index is 12.4. The number of thioether (sulfide) groups is 1. The number of carbonyl (C=O) groups is 1. The maximum Gasteiger partial charge on any atom is 0.233 e. The number of hydrogen-bond acceptors (Lipinski definition) is 3. The van der Waals surface area contributed by atoms with Crippen LogP contribution in [0.2, 0.25) is 0 Å². The van der Waals surface area contributed by atoms with Gasteiger partial charge in [0.1, 0.15) is 5.75 Å². The summed E-state index contributed by atoms with van der Waals surface area (Å²) in [7, 11) is 1.65. The van der Waals surface area contributed by atoms with Gasteiger partial charge in [0.25, 0.3) is 0 Å². The van der Waals surface area contributed by atoms with Crippen LogP contribution in [0, 0.1) is 0 Å². The van der Waals surface area contributed by atoms with E-state index in [2.05, 4.69) is 24.4 Å². The van der Waals surface area contributed by atoms with Gasteiger partial charge in [-0.1, -0.05) is 37.3 Å². The third-order valence-electron chi connectivity index (χ3n) is 4.03. The maximum absolute atomic E-state index is 12.4. The van der Waals surface area contributed by atoms with E-state index in [0.29, 0.717) is 12.5 Å². The summed E-state index contributed by atoms with van der Waals surface area (Å²) in [5, 5.41) is 2.96. The molecule has 2 atom stereocenters. The average molecular weight is 343 g/mol. The molecule has 2 aromatic carbocycles. The van der Waals surface area contributed by atoms with E-state index < -0.39 is 0 Å². The molecule has 0 saturated heterocycles. The highest BCUT2D eigenvalue weighted by Gasteiger charge is 2.16. The second-order valence-corrected chi connectivity index (χ2v) is 7.11. The zero-order valence-electron chi connectivity index (χ0n) is 14.5. The molecule has 1 amide bonds. The van der Waals surface area contributed by atoms with Crippen molar-refractivity contribution in [1.82, 2.24) is 5.32 Å². The predicted molar refractivity (Wildman–Crippen MR) is 101 cm³/mol. The molecule has 4 heteroatoms. The van der Waals surface area contributed by atoms with Gasteiger partial charge in [-0.25, -0.2) is 0 Å². The molecule has 0 spiro atoms. The Morgan fingerprint density at radius 1 is 1.12 bits per heavy atom. The van der Waals surface area contributed by atoms with Crippen LogP contribution in [0.5, 0.6) is 5.75 Å². The van der Waals surface area contributed by atoms with Crippen LogP contribution in [-0.4, -0.2) is 24.8 Å². The molecule has 0 heterocycles. The zero-order valence-corrected chi connectivity index (χ0v) is 15.3. The van der Waals surface area contributed by atoms with Crippen LogP contribution in [0.25, 0.3) is 0 Å². The molecule has 2 aromatic rings. The third kappa shape index (κ3) is 5.31. The number of amides is 1. The molecule has 0 aromatic heterocycles. The van der Waals surface area contributed by atoms with Crippen LogP contribution in [0.15, 0.2) is 59.5 Å².